The van der Waals surface area contributed by atoms with E-state index < -0.39 is 11.9 Å². The van der Waals surface area contributed by atoms with Gasteiger partial charge in [0.25, 0.3) is 0 Å². The fourth-order valence-electron chi connectivity index (χ4n) is 2.75. The van der Waals surface area contributed by atoms with Crippen LogP contribution in [0.2, 0.25) is 0 Å². The van der Waals surface area contributed by atoms with E-state index in [0.29, 0.717) is 35.7 Å². The molecule has 0 aromatic heterocycles. The Morgan fingerprint density at radius 3 is 2.36 bits per heavy atom. The number of carbonyl (C=O) groups excluding carboxylic acids is 2. The van der Waals surface area contributed by atoms with Crippen LogP contribution >= 0.6 is 0 Å². The number of esters is 2. The van der Waals surface area contributed by atoms with Crippen molar-refractivity contribution in [2.24, 2.45) is 0 Å². The van der Waals surface area contributed by atoms with Gasteiger partial charge in [-0.3, -0.25) is 4.79 Å². The molecule has 0 amide bonds. The van der Waals surface area contributed by atoms with Gasteiger partial charge in [-0.2, -0.15) is 0 Å². The summed E-state index contributed by atoms with van der Waals surface area (Å²) in [6.07, 6.45) is 1.13. The lowest BCUT2D eigenvalue weighted by Gasteiger charge is -2.25. The number of anilines is 1. The number of aryl methyl sites for hydroxylation is 1. The number of ether oxygens (including phenoxy) is 2. The van der Waals surface area contributed by atoms with Crippen LogP contribution in [0, 0.1) is 6.92 Å². The first-order valence-electron chi connectivity index (χ1n) is 8.26. The molecule has 0 saturated carbocycles. The quantitative estimate of drug-likeness (QED) is 0.451. The van der Waals surface area contributed by atoms with Crippen molar-refractivity contribution in [2.45, 2.75) is 27.7 Å². The lowest BCUT2D eigenvalue weighted by molar-refractivity contribution is -0.132. The van der Waals surface area contributed by atoms with Crippen LogP contribution in [0.15, 0.2) is 36.9 Å². The summed E-state index contributed by atoms with van der Waals surface area (Å²) in [5, 5.41) is 1.43. The van der Waals surface area contributed by atoms with Gasteiger partial charge in [0.05, 0.1) is 5.69 Å². The summed E-state index contributed by atoms with van der Waals surface area (Å²) >= 11 is 0. The van der Waals surface area contributed by atoms with Crippen molar-refractivity contribution in [3.63, 3.8) is 0 Å². The summed E-state index contributed by atoms with van der Waals surface area (Å²) < 4.78 is 11.0. The van der Waals surface area contributed by atoms with Crippen LogP contribution in [-0.2, 0) is 9.59 Å². The second-order valence-corrected chi connectivity index (χ2v) is 5.66. The fraction of sp³-hybridized carbons (Fsp3) is 0.300. The average molecular weight is 341 g/mol. The zero-order valence-corrected chi connectivity index (χ0v) is 15.1. The maximum Gasteiger partial charge on any atom is 0.335 e. The highest BCUT2D eigenvalue weighted by Gasteiger charge is 2.20. The number of rotatable bonds is 6. The lowest BCUT2D eigenvalue weighted by Crippen LogP contribution is -2.23. The van der Waals surface area contributed by atoms with Crippen molar-refractivity contribution in [1.29, 1.82) is 0 Å². The van der Waals surface area contributed by atoms with Gasteiger partial charge in [-0.1, -0.05) is 24.3 Å². The second-order valence-electron chi connectivity index (χ2n) is 5.66. The van der Waals surface area contributed by atoms with E-state index in [4.69, 9.17) is 9.47 Å². The third kappa shape index (κ3) is 3.99. The van der Waals surface area contributed by atoms with Crippen LogP contribution in [0.1, 0.15) is 26.3 Å². The highest BCUT2D eigenvalue weighted by Crippen LogP contribution is 2.42. The van der Waals surface area contributed by atoms with Crippen LogP contribution in [0.4, 0.5) is 5.69 Å². The minimum Gasteiger partial charge on any atom is -0.426 e. The molecule has 2 rings (SSSR count). The fourth-order valence-corrected chi connectivity index (χ4v) is 2.75. The molecule has 0 spiro atoms. The van der Waals surface area contributed by atoms with Crippen LogP contribution in [-0.4, -0.2) is 25.0 Å². The van der Waals surface area contributed by atoms with E-state index in [1.807, 2.05) is 43.9 Å². The van der Waals surface area contributed by atoms with E-state index in [0.717, 1.165) is 17.0 Å². The topological polar surface area (TPSA) is 55.8 Å². The molecule has 0 atom stereocenters. The van der Waals surface area contributed by atoms with Gasteiger partial charge in [-0.15, -0.1) is 0 Å². The maximum atomic E-state index is 11.9. The smallest absolute Gasteiger partial charge is 0.335 e. The second kappa shape index (κ2) is 7.83. The highest BCUT2D eigenvalue weighted by atomic mass is 16.5. The summed E-state index contributed by atoms with van der Waals surface area (Å²) in [5.41, 5.74) is 1.71. The van der Waals surface area contributed by atoms with Gasteiger partial charge in [0.2, 0.25) is 0 Å². The van der Waals surface area contributed by atoms with Gasteiger partial charge in [0.15, 0.2) is 5.75 Å². The van der Waals surface area contributed by atoms with Gasteiger partial charge in [0, 0.05) is 42.9 Å². The molecule has 5 heteroatoms. The Kier molecular flexibility index (Phi) is 5.80. The molecule has 0 N–H and O–H groups in total. The van der Waals surface area contributed by atoms with Crippen molar-refractivity contribution < 1.29 is 19.1 Å². The molecule has 0 fully saturated rings. The molecule has 0 saturated heterocycles. The van der Waals surface area contributed by atoms with Crippen LogP contribution in [0.5, 0.6) is 11.5 Å². The third-order valence-corrected chi connectivity index (χ3v) is 3.91. The van der Waals surface area contributed by atoms with Gasteiger partial charge in [-0.05, 0) is 26.8 Å². The molecule has 2 aromatic carbocycles. The Bertz CT molecular complexity index is 822. The Balaban J connectivity index is 2.83. The number of nitrogens with zero attached hydrogens (tertiary/aromatic N) is 1. The summed E-state index contributed by atoms with van der Waals surface area (Å²) in [5.74, 6) is -0.0364. The number of fused-ring (bicyclic) bond motifs is 1. The van der Waals surface area contributed by atoms with E-state index in [2.05, 4.69) is 6.58 Å². The molecule has 0 heterocycles. The van der Waals surface area contributed by atoms with Crippen LogP contribution in [0.25, 0.3) is 10.8 Å². The van der Waals surface area contributed by atoms with Crippen molar-refractivity contribution in [3.8, 4) is 11.5 Å². The molecule has 0 bridgehead atoms. The van der Waals surface area contributed by atoms with Crippen molar-refractivity contribution in [3.05, 3.63) is 42.5 Å². The summed E-state index contributed by atoms with van der Waals surface area (Å²) in [4.78, 5) is 25.4. The van der Waals surface area contributed by atoms with Gasteiger partial charge >= 0.3 is 11.9 Å². The molecule has 25 heavy (non-hydrogen) atoms. The Morgan fingerprint density at radius 1 is 1.12 bits per heavy atom. The van der Waals surface area contributed by atoms with Crippen LogP contribution in [0.3, 0.4) is 0 Å². The van der Waals surface area contributed by atoms with E-state index in [-0.39, 0.29) is 0 Å². The summed E-state index contributed by atoms with van der Waals surface area (Å²) in [6, 6.07) is 7.46. The number of hydrogen-bond donors (Lipinski definition) is 0. The number of benzene rings is 2. The minimum atomic E-state index is -0.532. The highest BCUT2D eigenvalue weighted by molar-refractivity contribution is 6.01. The normalized spacial score (nSPS) is 10.4. The molecule has 2 aromatic rings. The van der Waals surface area contributed by atoms with Gasteiger partial charge in [0.1, 0.15) is 5.75 Å². The molecular formula is C20H23NO4. The van der Waals surface area contributed by atoms with Crippen molar-refractivity contribution >= 4 is 28.4 Å². The van der Waals surface area contributed by atoms with Crippen molar-refractivity contribution in [1.82, 2.24) is 0 Å². The first-order valence-corrected chi connectivity index (χ1v) is 8.26. The number of carbonyl (C=O) groups is 2. The van der Waals surface area contributed by atoms with Gasteiger partial charge in [-0.25, -0.2) is 4.79 Å². The molecule has 0 radical (unpaired) electrons. The van der Waals surface area contributed by atoms with E-state index in [1.54, 1.807) is 6.07 Å². The molecular weight excluding hydrogens is 318 g/mol. The SMILES string of the molecule is C=CC(=O)Oc1c(N(CC)CC)cc(OC(C)=O)c2cc(C)ccc12. The third-order valence-electron chi connectivity index (χ3n) is 3.91. The predicted molar refractivity (Wildman–Crippen MR) is 99.4 cm³/mol. The first kappa shape index (κ1) is 18.5. The molecule has 0 aliphatic carbocycles. The Hall–Kier alpha value is -2.82. The lowest BCUT2D eigenvalue weighted by atomic mass is 10.0. The largest absolute Gasteiger partial charge is 0.426 e. The predicted octanol–water partition coefficient (Wildman–Crippen LogP) is 4.01. The standard InChI is InChI=1S/C20H23NO4/c1-6-19(23)25-20-15-10-9-13(4)11-16(15)18(24-14(5)22)12-17(20)21(7-2)8-3/h6,9-12H,1,7-8H2,2-5H3. The molecule has 0 aliphatic heterocycles. The number of hydrogen-bond acceptors (Lipinski definition) is 5. The zero-order valence-electron chi connectivity index (χ0n) is 15.1. The molecule has 5 nitrogen and oxygen atoms in total. The summed E-state index contributed by atoms with van der Waals surface area (Å²) in [7, 11) is 0. The monoisotopic (exact) mass is 341 g/mol. The Labute approximate surface area is 147 Å². The van der Waals surface area contributed by atoms with E-state index in [1.165, 1.54) is 6.92 Å². The van der Waals surface area contributed by atoms with Gasteiger partial charge < -0.3 is 14.4 Å². The Morgan fingerprint density at radius 2 is 1.80 bits per heavy atom. The minimum absolute atomic E-state index is 0.399. The van der Waals surface area contributed by atoms with Crippen LogP contribution < -0.4 is 14.4 Å². The van der Waals surface area contributed by atoms with Crippen molar-refractivity contribution in [2.75, 3.05) is 18.0 Å². The molecule has 132 valence electrons. The maximum absolute atomic E-state index is 11.9. The average Bonchev–Trinajstić information content (AvgIpc) is 2.58. The molecule has 0 aliphatic rings. The first-order chi connectivity index (χ1) is 11.9. The van der Waals surface area contributed by atoms with E-state index in [9.17, 15) is 9.59 Å². The molecule has 0 unspecified atom stereocenters. The zero-order chi connectivity index (χ0) is 18.6. The summed E-state index contributed by atoms with van der Waals surface area (Å²) in [6.45, 7) is 12.2. The van der Waals surface area contributed by atoms with E-state index >= 15 is 0 Å².